The van der Waals surface area contributed by atoms with E-state index in [2.05, 4.69) is 35.1 Å². The molecule has 1 saturated carbocycles. The van der Waals surface area contributed by atoms with Gasteiger partial charge in [0.1, 0.15) is 0 Å². The molecule has 3 N–H and O–H groups in total. The highest BCUT2D eigenvalue weighted by Gasteiger charge is 2.49. The fourth-order valence-corrected chi connectivity index (χ4v) is 2.97. The van der Waals surface area contributed by atoms with Crippen LogP contribution >= 0.6 is 15.9 Å². The van der Waals surface area contributed by atoms with Crippen molar-refractivity contribution < 1.29 is 9.53 Å². The van der Waals surface area contributed by atoms with Gasteiger partial charge in [-0.3, -0.25) is 4.79 Å². The Bertz CT molecular complexity index is 517. The lowest BCUT2D eigenvalue weighted by Crippen LogP contribution is -2.62. The molecule has 2 rings (SSSR count). The molecule has 1 aliphatic rings. The molecule has 0 bridgehead atoms. The van der Waals surface area contributed by atoms with Crippen molar-refractivity contribution in [2.75, 3.05) is 12.3 Å². The van der Waals surface area contributed by atoms with Gasteiger partial charge in [-0.15, -0.1) is 0 Å². The Labute approximate surface area is 128 Å². The topological polar surface area (TPSA) is 64.3 Å². The number of anilines is 1. The second-order valence-corrected chi connectivity index (χ2v) is 6.67. The van der Waals surface area contributed by atoms with E-state index in [0.29, 0.717) is 17.9 Å². The maximum absolute atomic E-state index is 12.3. The Balaban J connectivity index is 2.03. The SMILES string of the molecule is CCOC1CC(NC(=O)c2ccc(Br)cc2N)C1(C)C. The first kappa shape index (κ1) is 15.3. The van der Waals surface area contributed by atoms with Crippen molar-refractivity contribution in [2.24, 2.45) is 5.41 Å². The summed E-state index contributed by atoms with van der Waals surface area (Å²) in [5.74, 6) is -0.122. The standard InChI is InChI=1S/C15H21BrN2O2/c1-4-20-13-8-12(15(13,2)3)18-14(19)10-6-5-9(16)7-11(10)17/h5-7,12-13H,4,8,17H2,1-3H3,(H,18,19). The van der Waals surface area contributed by atoms with Crippen LogP contribution in [0.25, 0.3) is 0 Å². The summed E-state index contributed by atoms with van der Waals surface area (Å²) in [6.45, 7) is 6.93. The van der Waals surface area contributed by atoms with Crippen LogP contribution in [0.4, 0.5) is 5.69 Å². The van der Waals surface area contributed by atoms with Gasteiger partial charge < -0.3 is 15.8 Å². The summed E-state index contributed by atoms with van der Waals surface area (Å²) in [4.78, 5) is 12.3. The Morgan fingerprint density at radius 3 is 2.80 bits per heavy atom. The van der Waals surface area contributed by atoms with Crippen molar-refractivity contribution in [1.29, 1.82) is 0 Å². The molecule has 2 atom stereocenters. The smallest absolute Gasteiger partial charge is 0.253 e. The molecule has 0 spiro atoms. The summed E-state index contributed by atoms with van der Waals surface area (Å²) in [7, 11) is 0. The average molecular weight is 341 g/mol. The lowest BCUT2D eigenvalue weighted by molar-refractivity contribution is -0.111. The van der Waals surface area contributed by atoms with Gasteiger partial charge in [0.05, 0.1) is 11.7 Å². The molecule has 2 unspecified atom stereocenters. The zero-order valence-corrected chi connectivity index (χ0v) is 13.7. The van der Waals surface area contributed by atoms with Crippen LogP contribution in [0.1, 0.15) is 37.6 Å². The van der Waals surface area contributed by atoms with Crippen molar-refractivity contribution in [3.8, 4) is 0 Å². The van der Waals surface area contributed by atoms with Crippen molar-refractivity contribution in [3.05, 3.63) is 28.2 Å². The van der Waals surface area contributed by atoms with Gasteiger partial charge in [0.25, 0.3) is 5.91 Å². The summed E-state index contributed by atoms with van der Waals surface area (Å²) >= 11 is 3.34. The Hall–Kier alpha value is -1.07. The molecular weight excluding hydrogens is 320 g/mol. The molecule has 20 heavy (non-hydrogen) atoms. The molecule has 1 aromatic rings. The third kappa shape index (κ3) is 2.83. The van der Waals surface area contributed by atoms with E-state index in [1.807, 2.05) is 13.0 Å². The molecule has 0 aliphatic heterocycles. The van der Waals surface area contributed by atoms with E-state index < -0.39 is 0 Å². The first-order chi connectivity index (χ1) is 9.36. The summed E-state index contributed by atoms with van der Waals surface area (Å²) in [6.07, 6.45) is 1.06. The number of ether oxygens (including phenoxy) is 1. The number of hydrogen-bond acceptors (Lipinski definition) is 3. The molecule has 0 aromatic heterocycles. The third-order valence-electron chi connectivity index (χ3n) is 4.11. The first-order valence-corrected chi connectivity index (χ1v) is 7.63. The Kier molecular flexibility index (Phi) is 4.39. The molecule has 0 radical (unpaired) electrons. The highest BCUT2D eigenvalue weighted by atomic mass is 79.9. The maximum Gasteiger partial charge on any atom is 0.253 e. The molecule has 1 amide bonds. The number of carbonyl (C=O) groups excluding carboxylic acids is 1. The Morgan fingerprint density at radius 2 is 2.25 bits per heavy atom. The van der Waals surface area contributed by atoms with E-state index in [4.69, 9.17) is 10.5 Å². The molecule has 110 valence electrons. The number of rotatable bonds is 4. The predicted octanol–water partition coefficient (Wildman–Crippen LogP) is 2.96. The lowest BCUT2D eigenvalue weighted by atomic mass is 9.64. The van der Waals surface area contributed by atoms with Crippen molar-refractivity contribution in [2.45, 2.75) is 39.3 Å². The van der Waals surface area contributed by atoms with E-state index in [9.17, 15) is 4.79 Å². The van der Waals surface area contributed by atoms with Gasteiger partial charge in [0, 0.05) is 28.2 Å². The largest absolute Gasteiger partial charge is 0.398 e. The number of amides is 1. The minimum atomic E-state index is -0.122. The van der Waals surface area contributed by atoms with Gasteiger partial charge in [-0.25, -0.2) is 0 Å². The molecule has 0 heterocycles. The molecule has 1 aliphatic carbocycles. The number of nitrogens with one attached hydrogen (secondary N) is 1. The zero-order valence-electron chi connectivity index (χ0n) is 12.1. The highest BCUT2D eigenvalue weighted by Crippen LogP contribution is 2.42. The summed E-state index contributed by atoms with van der Waals surface area (Å²) in [6, 6.07) is 5.42. The molecule has 0 saturated heterocycles. The van der Waals surface area contributed by atoms with Crippen molar-refractivity contribution >= 4 is 27.5 Å². The summed E-state index contributed by atoms with van der Waals surface area (Å²) in [5.41, 5.74) is 6.84. The third-order valence-corrected chi connectivity index (χ3v) is 4.60. The van der Waals surface area contributed by atoms with E-state index in [1.54, 1.807) is 12.1 Å². The molecule has 4 nitrogen and oxygen atoms in total. The van der Waals surface area contributed by atoms with Crippen LogP contribution in [0.15, 0.2) is 22.7 Å². The number of nitrogen functional groups attached to an aromatic ring is 1. The molecule has 1 fully saturated rings. The van der Waals surface area contributed by atoms with E-state index in [0.717, 1.165) is 10.9 Å². The second-order valence-electron chi connectivity index (χ2n) is 5.76. The van der Waals surface area contributed by atoms with E-state index >= 15 is 0 Å². The van der Waals surface area contributed by atoms with Gasteiger partial charge in [-0.05, 0) is 31.5 Å². The van der Waals surface area contributed by atoms with Crippen molar-refractivity contribution in [3.63, 3.8) is 0 Å². The van der Waals surface area contributed by atoms with Crippen LogP contribution in [-0.4, -0.2) is 24.7 Å². The molecular formula is C15H21BrN2O2. The fraction of sp³-hybridized carbons (Fsp3) is 0.533. The van der Waals surface area contributed by atoms with Gasteiger partial charge in [-0.2, -0.15) is 0 Å². The average Bonchev–Trinajstić information content (AvgIpc) is 2.37. The van der Waals surface area contributed by atoms with Gasteiger partial charge >= 0.3 is 0 Å². The number of hydrogen-bond donors (Lipinski definition) is 2. The number of halogens is 1. The van der Waals surface area contributed by atoms with Crippen LogP contribution in [0.2, 0.25) is 0 Å². The monoisotopic (exact) mass is 340 g/mol. The van der Waals surface area contributed by atoms with E-state index in [1.165, 1.54) is 0 Å². The van der Waals surface area contributed by atoms with Crippen LogP contribution in [-0.2, 0) is 4.74 Å². The van der Waals surface area contributed by atoms with Gasteiger partial charge in [0.15, 0.2) is 0 Å². The van der Waals surface area contributed by atoms with Crippen LogP contribution in [0, 0.1) is 5.41 Å². The highest BCUT2D eigenvalue weighted by molar-refractivity contribution is 9.10. The normalized spacial score (nSPS) is 24.0. The number of carbonyl (C=O) groups is 1. The minimum Gasteiger partial charge on any atom is -0.398 e. The van der Waals surface area contributed by atoms with E-state index in [-0.39, 0.29) is 23.5 Å². The first-order valence-electron chi connectivity index (χ1n) is 6.83. The zero-order chi connectivity index (χ0) is 14.9. The van der Waals surface area contributed by atoms with Crippen LogP contribution in [0.5, 0.6) is 0 Å². The Morgan fingerprint density at radius 1 is 1.55 bits per heavy atom. The molecule has 5 heteroatoms. The quantitative estimate of drug-likeness (QED) is 0.828. The maximum atomic E-state index is 12.3. The minimum absolute atomic E-state index is 0.0458. The van der Waals surface area contributed by atoms with Crippen LogP contribution < -0.4 is 11.1 Å². The predicted molar refractivity (Wildman–Crippen MR) is 83.6 cm³/mol. The second kappa shape index (κ2) is 5.74. The number of nitrogens with two attached hydrogens (primary N) is 1. The van der Waals surface area contributed by atoms with Gasteiger partial charge in [0.2, 0.25) is 0 Å². The summed E-state index contributed by atoms with van der Waals surface area (Å²) in [5, 5.41) is 3.06. The molecule has 1 aromatic carbocycles. The fourth-order valence-electron chi connectivity index (χ4n) is 2.59. The summed E-state index contributed by atoms with van der Waals surface area (Å²) < 4.78 is 6.54. The van der Waals surface area contributed by atoms with Crippen LogP contribution in [0.3, 0.4) is 0 Å². The lowest BCUT2D eigenvalue weighted by Gasteiger charge is -2.51. The van der Waals surface area contributed by atoms with Gasteiger partial charge in [-0.1, -0.05) is 29.8 Å². The van der Waals surface area contributed by atoms with Crippen molar-refractivity contribution in [1.82, 2.24) is 5.32 Å². The number of benzene rings is 1.